The number of nitrogens with zero attached hydrogens (tertiary/aromatic N) is 1. The van der Waals surface area contributed by atoms with Gasteiger partial charge in [-0.1, -0.05) is 42.8 Å². The third-order valence-electron chi connectivity index (χ3n) is 4.63. The van der Waals surface area contributed by atoms with Crippen molar-refractivity contribution in [2.45, 2.75) is 45.8 Å². The lowest BCUT2D eigenvalue weighted by Gasteiger charge is -2.29. The molecule has 7 heteroatoms. The Bertz CT molecular complexity index is 846. The van der Waals surface area contributed by atoms with Crippen molar-refractivity contribution < 1.29 is 18.7 Å². The molecule has 2 amide bonds. The van der Waals surface area contributed by atoms with Crippen LogP contribution in [0.3, 0.4) is 0 Å². The van der Waals surface area contributed by atoms with Crippen LogP contribution in [0.15, 0.2) is 48.5 Å². The Morgan fingerprint density at radius 2 is 1.90 bits per heavy atom. The monoisotopic (exact) mass is 420 g/mol. The highest BCUT2D eigenvalue weighted by Gasteiger charge is 2.27. The molecule has 0 saturated heterocycles. The van der Waals surface area contributed by atoms with Gasteiger partial charge in [0.1, 0.15) is 17.6 Å². The van der Waals surface area contributed by atoms with E-state index < -0.39 is 17.8 Å². The Balaban J connectivity index is 2.17. The van der Waals surface area contributed by atoms with Crippen LogP contribution in [0, 0.1) is 5.82 Å². The molecule has 0 bridgehead atoms. The molecule has 0 fully saturated rings. The third-order valence-corrected chi connectivity index (χ3v) is 4.86. The number of carbonyl (C=O) groups excluding carboxylic acids is 2. The summed E-state index contributed by atoms with van der Waals surface area (Å²) in [5.74, 6) is -0.726. The van der Waals surface area contributed by atoms with Crippen LogP contribution in [0.1, 0.15) is 32.8 Å². The molecule has 0 aliphatic rings. The SMILES string of the molecule is CC[C@H](C)NC(=O)[C@H](C)N(Cc1ccccc1F)C(=O)COc1cccc(Cl)c1. The van der Waals surface area contributed by atoms with Gasteiger partial charge < -0.3 is 15.0 Å². The number of hydrogen-bond acceptors (Lipinski definition) is 3. The van der Waals surface area contributed by atoms with Crippen LogP contribution >= 0.6 is 11.6 Å². The Morgan fingerprint density at radius 1 is 1.17 bits per heavy atom. The predicted octanol–water partition coefficient (Wildman–Crippen LogP) is 4.19. The van der Waals surface area contributed by atoms with Crippen molar-refractivity contribution in [1.29, 1.82) is 0 Å². The number of ether oxygens (including phenoxy) is 1. The molecule has 0 radical (unpaired) electrons. The number of nitrogens with one attached hydrogen (secondary N) is 1. The second-order valence-electron chi connectivity index (χ2n) is 6.85. The van der Waals surface area contributed by atoms with Crippen molar-refractivity contribution in [2.75, 3.05) is 6.61 Å². The van der Waals surface area contributed by atoms with Crippen molar-refractivity contribution in [2.24, 2.45) is 0 Å². The van der Waals surface area contributed by atoms with Gasteiger partial charge in [0.05, 0.1) is 0 Å². The highest BCUT2D eigenvalue weighted by atomic mass is 35.5. The smallest absolute Gasteiger partial charge is 0.261 e. The second kappa shape index (κ2) is 10.8. The maximum absolute atomic E-state index is 14.2. The van der Waals surface area contributed by atoms with E-state index in [1.807, 2.05) is 13.8 Å². The van der Waals surface area contributed by atoms with E-state index >= 15 is 0 Å². The molecule has 2 aromatic carbocycles. The number of amides is 2. The van der Waals surface area contributed by atoms with E-state index in [-0.39, 0.29) is 25.1 Å². The molecule has 2 aromatic rings. The minimum Gasteiger partial charge on any atom is -0.484 e. The molecule has 0 saturated carbocycles. The minimum absolute atomic E-state index is 0.0296. The zero-order valence-corrected chi connectivity index (χ0v) is 17.6. The molecule has 5 nitrogen and oxygen atoms in total. The van der Waals surface area contributed by atoms with E-state index in [4.69, 9.17) is 16.3 Å². The van der Waals surface area contributed by atoms with Gasteiger partial charge in [0.25, 0.3) is 5.91 Å². The molecule has 2 rings (SSSR count). The Hall–Kier alpha value is -2.60. The van der Waals surface area contributed by atoms with Gasteiger partial charge in [0.15, 0.2) is 6.61 Å². The minimum atomic E-state index is -0.793. The molecule has 0 aliphatic carbocycles. The fraction of sp³-hybridized carbons (Fsp3) is 0.364. The number of benzene rings is 2. The van der Waals surface area contributed by atoms with Crippen LogP contribution in [-0.2, 0) is 16.1 Å². The van der Waals surface area contributed by atoms with Crippen molar-refractivity contribution in [3.05, 3.63) is 64.9 Å². The summed E-state index contributed by atoms with van der Waals surface area (Å²) in [6.07, 6.45) is 0.762. The molecular weight excluding hydrogens is 395 g/mol. The second-order valence-corrected chi connectivity index (χ2v) is 7.29. The number of rotatable bonds is 9. The normalized spacial score (nSPS) is 12.7. The molecular formula is C22H26ClFN2O3. The van der Waals surface area contributed by atoms with Gasteiger partial charge in [0, 0.05) is 23.2 Å². The van der Waals surface area contributed by atoms with E-state index in [2.05, 4.69) is 5.32 Å². The fourth-order valence-corrected chi connectivity index (χ4v) is 2.82. The maximum atomic E-state index is 14.2. The lowest BCUT2D eigenvalue weighted by molar-refractivity contribution is -0.142. The zero-order chi connectivity index (χ0) is 21.4. The average Bonchev–Trinajstić information content (AvgIpc) is 2.70. The standard InChI is InChI=1S/C22H26ClFN2O3/c1-4-15(2)25-22(28)16(3)26(13-17-8-5-6-11-20(17)24)21(27)14-29-19-10-7-9-18(23)12-19/h5-12,15-16H,4,13-14H2,1-3H3,(H,25,28)/t15-,16-/m0/s1. The van der Waals surface area contributed by atoms with E-state index in [9.17, 15) is 14.0 Å². The Morgan fingerprint density at radius 3 is 2.55 bits per heavy atom. The topological polar surface area (TPSA) is 58.6 Å². The molecule has 1 N–H and O–H groups in total. The number of carbonyl (C=O) groups is 2. The fourth-order valence-electron chi connectivity index (χ4n) is 2.64. The molecule has 2 atom stereocenters. The highest BCUT2D eigenvalue weighted by molar-refractivity contribution is 6.30. The van der Waals surface area contributed by atoms with E-state index in [0.717, 1.165) is 6.42 Å². The van der Waals surface area contributed by atoms with Crippen LogP contribution in [0.25, 0.3) is 0 Å². The first-order valence-electron chi connectivity index (χ1n) is 9.53. The van der Waals surface area contributed by atoms with Crippen LogP contribution < -0.4 is 10.1 Å². The molecule has 156 valence electrons. The van der Waals surface area contributed by atoms with Crippen LogP contribution in [0.4, 0.5) is 4.39 Å². The third kappa shape index (κ3) is 6.75. The van der Waals surface area contributed by atoms with Gasteiger partial charge in [-0.25, -0.2) is 4.39 Å². The quantitative estimate of drug-likeness (QED) is 0.661. The molecule has 0 aromatic heterocycles. The van der Waals surface area contributed by atoms with Crippen molar-refractivity contribution in [3.8, 4) is 5.75 Å². The lowest BCUT2D eigenvalue weighted by atomic mass is 10.1. The summed E-state index contributed by atoms with van der Waals surface area (Å²) in [6.45, 7) is 5.12. The Labute approximate surface area is 175 Å². The molecule has 0 heterocycles. The van der Waals surface area contributed by atoms with Crippen molar-refractivity contribution >= 4 is 23.4 Å². The summed E-state index contributed by atoms with van der Waals surface area (Å²) in [4.78, 5) is 26.8. The predicted molar refractivity (Wildman–Crippen MR) is 111 cm³/mol. The average molecular weight is 421 g/mol. The summed E-state index contributed by atoms with van der Waals surface area (Å²) >= 11 is 5.93. The van der Waals surface area contributed by atoms with Crippen LogP contribution in [-0.4, -0.2) is 35.4 Å². The first kappa shape index (κ1) is 22.7. The largest absolute Gasteiger partial charge is 0.484 e. The van der Waals surface area contributed by atoms with Gasteiger partial charge >= 0.3 is 0 Å². The van der Waals surface area contributed by atoms with Gasteiger partial charge in [-0.2, -0.15) is 0 Å². The van der Waals surface area contributed by atoms with Crippen LogP contribution in [0.2, 0.25) is 5.02 Å². The number of halogens is 2. The Kier molecular flexibility index (Phi) is 8.46. The van der Waals surface area contributed by atoms with E-state index in [1.54, 1.807) is 49.4 Å². The summed E-state index contributed by atoms with van der Waals surface area (Å²) in [5, 5.41) is 3.35. The van der Waals surface area contributed by atoms with Crippen LogP contribution in [0.5, 0.6) is 5.75 Å². The molecule has 0 unspecified atom stereocenters. The molecule has 0 spiro atoms. The first-order chi connectivity index (χ1) is 13.8. The summed E-state index contributed by atoms with van der Waals surface area (Å²) in [6, 6.07) is 12.0. The lowest BCUT2D eigenvalue weighted by Crippen LogP contribution is -2.50. The van der Waals surface area contributed by atoms with Crippen molar-refractivity contribution in [1.82, 2.24) is 10.2 Å². The first-order valence-corrected chi connectivity index (χ1v) is 9.91. The summed E-state index contributed by atoms with van der Waals surface area (Å²) in [7, 11) is 0. The van der Waals surface area contributed by atoms with Gasteiger partial charge in [-0.3, -0.25) is 9.59 Å². The highest BCUT2D eigenvalue weighted by Crippen LogP contribution is 2.18. The summed E-state index contributed by atoms with van der Waals surface area (Å²) < 4.78 is 19.7. The van der Waals surface area contributed by atoms with Gasteiger partial charge in [-0.15, -0.1) is 0 Å². The van der Waals surface area contributed by atoms with E-state index in [1.165, 1.54) is 11.0 Å². The molecule has 0 aliphatic heterocycles. The van der Waals surface area contributed by atoms with Gasteiger partial charge in [-0.05, 0) is 44.5 Å². The maximum Gasteiger partial charge on any atom is 0.261 e. The van der Waals surface area contributed by atoms with Crippen molar-refractivity contribution in [3.63, 3.8) is 0 Å². The molecule has 29 heavy (non-hydrogen) atoms. The number of hydrogen-bond donors (Lipinski definition) is 1. The zero-order valence-electron chi connectivity index (χ0n) is 16.8. The summed E-state index contributed by atoms with van der Waals surface area (Å²) in [5.41, 5.74) is 0.326. The van der Waals surface area contributed by atoms with Gasteiger partial charge in [0.2, 0.25) is 5.91 Å². The van der Waals surface area contributed by atoms with E-state index in [0.29, 0.717) is 16.3 Å².